The molecule has 0 bridgehead atoms. The van der Waals surface area contributed by atoms with Crippen molar-refractivity contribution < 1.29 is 14.6 Å². The number of carboxylic acids is 1. The van der Waals surface area contributed by atoms with Gasteiger partial charge in [0.1, 0.15) is 12.1 Å². The van der Waals surface area contributed by atoms with E-state index < -0.39 is 17.7 Å². The molecule has 2 aliphatic heterocycles. The van der Waals surface area contributed by atoms with Crippen LogP contribution in [-0.4, -0.2) is 51.3 Å². The number of ether oxygens (including phenoxy) is 1. The Bertz CT molecular complexity index is 1810. The predicted octanol–water partition coefficient (Wildman–Crippen LogP) is 8.09. The minimum atomic E-state index is -1.14. The van der Waals surface area contributed by atoms with E-state index in [1.165, 1.54) is 11.1 Å². The van der Waals surface area contributed by atoms with Crippen molar-refractivity contribution in [2.24, 2.45) is 5.41 Å². The number of pyridine rings is 1. The van der Waals surface area contributed by atoms with Gasteiger partial charge in [-0.25, -0.2) is 14.8 Å². The van der Waals surface area contributed by atoms with Gasteiger partial charge in [-0.1, -0.05) is 43.6 Å². The summed E-state index contributed by atoms with van der Waals surface area (Å²) in [5, 5.41) is 12.2. The Balaban J connectivity index is 1.43. The van der Waals surface area contributed by atoms with Crippen LogP contribution in [0.2, 0.25) is 5.02 Å². The standard InChI is InChI=1S/C37H44ClN5O3/c1-22-30(32(42-16-13-37(6,7)14-17-42)31(23(2)41-22)33(35(44)45)46-36(3,4)5)25-8-9-26-20-43(15-12-24(26)18-25)34-28-11-10-27(38)19-29(28)39-21-40-34/h8-11,18-19,21,33H,12-17,20H2,1-7H3,(H,44,45)/t33-/m0/s1. The Morgan fingerprint density at radius 2 is 1.72 bits per heavy atom. The van der Waals surface area contributed by atoms with Crippen LogP contribution in [0.25, 0.3) is 22.0 Å². The molecule has 1 saturated heterocycles. The molecule has 6 rings (SSSR count). The Hall–Kier alpha value is -3.75. The number of piperidine rings is 1. The normalized spacial score (nSPS) is 17.2. The van der Waals surface area contributed by atoms with Crippen LogP contribution in [0.1, 0.15) is 81.6 Å². The molecule has 2 aromatic heterocycles. The summed E-state index contributed by atoms with van der Waals surface area (Å²) in [5.41, 5.74) is 8.19. The summed E-state index contributed by atoms with van der Waals surface area (Å²) in [6.07, 6.45) is 3.36. The van der Waals surface area contributed by atoms with Crippen molar-refractivity contribution in [2.75, 3.05) is 29.4 Å². The van der Waals surface area contributed by atoms with Crippen molar-refractivity contribution in [1.82, 2.24) is 15.0 Å². The first-order valence-electron chi connectivity index (χ1n) is 16.1. The molecule has 8 nitrogen and oxygen atoms in total. The summed E-state index contributed by atoms with van der Waals surface area (Å²) < 4.78 is 6.26. The molecule has 1 atom stereocenters. The zero-order chi connectivity index (χ0) is 33.0. The molecule has 0 saturated carbocycles. The van der Waals surface area contributed by atoms with Crippen molar-refractivity contribution >= 4 is 40.0 Å². The largest absolute Gasteiger partial charge is 0.479 e. The second-order valence-corrected chi connectivity index (χ2v) is 15.0. The van der Waals surface area contributed by atoms with Gasteiger partial charge in [0.25, 0.3) is 0 Å². The summed E-state index contributed by atoms with van der Waals surface area (Å²) >= 11 is 6.23. The number of nitrogens with zero attached hydrogens (tertiary/aromatic N) is 5. The minimum Gasteiger partial charge on any atom is -0.479 e. The van der Waals surface area contributed by atoms with E-state index in [-0.39, 0.29) is 5.41 Å². The molecule has 0 unspecified atom stereocenters. The van der Waals surface area contributed by atoms with E-state index in [0.29, 0.717) is 16.3 Å². The molecule has 46 heavy (non-hydrogen) atoms. The topological polar surface area (TPSA) is 91.7 Å². The number of halogens is 1. The molecule has 0 aliphatic carbocycles. The van der Waals surface area contributed by atoms with Crippen LogP contribution in [0.4, 0.5) is 11.5 Å². The number of carboxylic acid groups (broad SMARTS) is 1. The molecule has 242 valence electrons. The Labute approximate surface area is 276 Å². The third-order valence-electron chi connectivity index (χ3n) is 9.35. The average molecular weight is 642 g/mol. The first-order chi connectivity index (χ1) is 21.7. The molecule has 1 N–H and O–H groups in total. The number of hydrogen-bond donors (Lipinski definition) is 1. The Morgan fingerprint density at radius 1 is 0.978 bits per heavy atom. The minimum absolute atomic E-state index is 0.237. The Kier molecular flexibility index (Phi) is 8.49. The summed E-state index contributed by atoms with van der Waals surface area (Å²) in [4.78, 5) is 31.6. The van der Waals surface area contributed by atoms with Gasteiger partial charge in [0, 0.05) is 59.1 Å². The van der Waals surface area contributed by atoms with E-state index in [2.05, 4.69) is 51.8 Å². The summed E-state index contributed by atoms with van der Waals surface area (Å²) in [6, 6.07) is 12.4. The van der Waals surface area contributed by atoms with Crippen LogP contribution < -0.4 is 9.80 Å². The van der Waals surface area contributed by atoms with Gasteiger partial charge in [0.05, 0.1) is 16.8 Å². The molecular formula is C37H44ClN5O3. The SMILES string of the molecule is Cc1nc(C)c([C@H](OC(C)(C)C)C(=O)O)c(N2CCC(C)(C)CC2)c1-c1ccc2c(c1)CCN(c1ncnc3cc(Cl)ccc13)C2. The third-order valence-corrected chi connectivity index (χ3v) is 9.59. The quantitative estimate of drug-likeness (QED) is 0.226. The van der Waals surface area contributed by atoms with E-state index >= 15 is 0 Å². The predicted molar refractivity (Wildman–Crippen MR) is 185 cm³/mol. The number of rotatable bonds is 6. The lowest BCUT2D eigenvalue weighted by Gasteiger charge is -2.41. The highest BCUT2D eigenvalue weighted by molar-refractivity contribution is 6.31. The number of anilines is 2. The third kappa shape index (κ3) is 6.42. The van der Waals surface area contributed by atoms with Gasteiger partial charge >= 0.3 is 5.97 Å². The van der Waals surface area contributed by atoms with Gasteiger partial charge in [-0.15, -0.1) is 0 Å². The smallest absolute Gasteiger partial charge is 0.337 e. The van der Waals surface area contributed by atoms with Crippen LogP contribution in [0, 0.1) is 19.3 Å². The van der Waals surface area contributed by atoms with Crippen molar-refractivity contribution in [3.05, 3.63) is 75.8 Å². The summed E-state index contributed by atoms with van der Waals surface area (Å²) in [6.45, 7) is 17.5. The maximum absolute atomic E-state index is 12.8. The lowest BCUT2D eigenvalue weighted by molar-refractivity contribution is -0.160. The number of fused-ring (bicyclic) bond motifs is 2. The van der Waals surface area contributed by atoms with Crippen molar-refractivity contribution in [3.63, 3.8) is 0 Å². The van der Waals surface area contributed by atoms with E-state index in [1.54, 1.807) is 6.33 Å². The summed E-state index contributed by atoms with van der Waals surface area (Å²) in [7, 11) is 0. The van der Waals surface area contributed by atoms with Gasteiger partial charge in [0.2, 0.25) is 0 Å². The number of aliphatic carboxylic acids is 1. The second-order valence-electron chi connectivity index (χ2n) is 14.5. The fraction of sp³-hybridized carbons (Fsp3) is 0.459. The van der Waals surface area contributed by atoms with E-state index in [1.807, 2.05) is 52.8 Å². The van der Waals surface area contributed by atoms with Crippen molar-refractivity contribution in [3.8, 4) is 11.1 Å². The molecule has 2 aliphatic rings. The fourth-order valence-electron chi connectivity index (χ4n) is 6.91. The zero-order valence-electron chi connectivity index (χ0n) is 27.9. The van der Waals surface area contributed by atoms with Crippen molar-refractivity contribution in [2.45, 2.75) is 86.0 Å². The second kappa shape index (κ2) is 12.1. The maximum atomic E-state index is 12.8. The van der Waals surface area contributed by atoms with Crippen LogP contribution in [0.5, 0.6) is 0 Å². The van der Waals surface area contributed by atoms with Crippen LogP contribution in [-0.2, 0) is 22.5 Å². The molecule has 1 fully saturated rings. The number of benzene rings is 2. The molecule has 4 aromatic rings. The van der Waals surface area contributed by atoms with E-state index in [4.69, 9.17) is 21.3 Å². The zero-order valence-corrected chi connectivity index (χ0v) is 28.7. The highest BCUT2D eigenvalue weighted by Crippen LogP contribution is 2.45. The molecule has 0 radical (unpaired) electrons. The van der Waals surface area contributed by atoms with E-state index in [0.717, 1.165) is 84.7 Å². The number of aryl methyl sites for hydroxylation is 2. The maximum Gasteiger partial charge on any atom is 0.337 e. The molecule has 4 heterocycles. The number of hydrogen-bond acceptors (Lipinski definition) is 7. The highest BCUT2D eigenvalue weighted by atomic mass is 35.5. The van der Waals surface area contributed by atoms with Gasteiger partial charge in [-0.3, -0.25) is 4.98 Å². The first kappa shape index (κ1) is 32.2. The van der Waals surface area contributed by atoms with Gasteiger partial charge in [-0.05, 0) is 94.2 Å². The fourth-order valence-corrected chi connectivity index (χ4v) is 7.08. The number of aromatic nitrogens is 3. The Morgan fingerprint density at radius 3 is 2.41 bits per heavy atom. The lowest BCUT2D eigenvalue weighted by atomic mass is 9.81. The molecule has 0 amide bonds. The first-order valence-corrected chi connectivity index (χ1v) is 16.5. The van der Waals surface area contributed by atoms with Crippen LogP contribution >= 0.6 is 11.6 Å². The average Bonchev–Trinajstić information content (AvgIpc) is 2.98. The highest BCUT2D eigenvalue weighted by Gasteiger charge is 2.36. The van der Waals surface area contributed by atoms with Gasteiger partial charge in [0.15, 0.2) is 6.10 Å². The van der Waals surface area contributed by atoms with Gasteiger partial charge in [-0.2, -0.15) is 0 Å². The summed E-state index contributed by atoms with van der Waals surface area (Å²) in [5.74, 6) is -0.0910. The molecule has 0 spiro atoms. The van der Waals surface area contributed by atoms with Crippen LogP contribution in [0.3, 0.4) is 0 Å². The van der Waals surface area contributed by atoms with Crippen molar-refractivity contribution in [1.29, 1.82) is 0 Å². The molecule has 2 aromatic carbocycles. The monoisotopic (exact) mass is 641 g/mol. The number of carbonyl (C=O) groups is 1. The van der Waals surface area contributed by atoms with E-state index in [9.17, 15) is 9.90 Å². The molecular weight excluding hydrogens is 598 g/mol. The molecule has 9 heteroatoms. The van der Waals surface area contributed by atoms with Gasteiger partial charge < -0.3 is 19.6 Å². The van der Waals surface area contributed by atoms with Crippen LogP contribution in [0.15, 0.2) is 42.7 Å². The lowest BCUT2D eigenvalue weighted by Crippen LogP contribution is -2.39.